The van der Waals surface area contributed by atoms with Gasteiger partial charge in [0.15, 0.2) is 0 Å². The Morgan fingerprint density at radius 2 is 2.00 bits per heavy atom. The van der Waals surface area contributed by atoms with Crippen LogP contribution >= 0.6 is 0 Å². The van der Waals surface area contributed by atoms with E-state index >= 15 is 0 Å². The van der Waals surface area contributed by atoms with Crippen molar-refractivity contribution in [3.63, 3.8) is 0 Å². The number of likely N-dealkylation sites (N-methyl/N-ethyl adjacent to an activating group) is 1. The summed E-state index contributed by atoms with van der Waals surface area (Å²) in [5.74, 6) is -0.255. The minimum Gasteiger partial charge on any atom is -0.444 e. The first kappa shape index (κ1) is 16.8. The minimum absolute atomic E-state index is 0.0451. The van der Waals surface area contributed by atoms with Crippen molar-refractivity contribution in [1.82, 2.24) is 9.80 Å². The molecule has 0 aliphatic carbocycles. The highest BCUT2D eigenvalue weighted by Gasteiger charge is 2.50. The van der Waals surface area contributed by atoms with Crippen LogP contribution in [0.3, 0.4) is 0 Å². The summed E-state index contributed by atoms with van der Waals surface area (Å²) in [6, 6.07) is 0. The van der Waals surface area contributed by atoms with Gasteiger partial charge in [-0.1, -0.05) is 6.58 Å². The number of piperidine rings is 1. The van der Waals surface area contributed by atoms with Crippen LogP contribution in [0.4, 0.5) is 4.79 Å². The summed E-state index contributed by atoms with van der Waals surface area (Å²) in [6.07, 6.45) is 0.172. The van der Waals surface area contributed by atoms with E-state index < -0.39 is 11.2 Å². The third-order valence-corrected chi connectivity index (χ3v) is 4.35. The Morgan fingerprint density at radius 1 is 1.36 bits per heavy atom. The molecule has 22 heavy (non-hydrogen) atoms. The van der Waals surface area contributed by atoms with E-state index in [1.54, 1.807) is 24.0 Å². The molecular formula is C16H26N2O4. The van der Waals surface area contributed by atoms with Gasteiger partial charge < -0.3 is 19.3 Å². The maximum absolute atomic E-state index is 12.4. The van der Waals surface area contributed by atoms with Crippen molar-refractivity contribution in [3.05, 3.63) is 12.2 Å². The monoisotopic (exact) mass is 310 g/mol. The quantitative estimate of drug-likeness (QED) is 0.691. The summed E-state index contributed by atoms with van der Waals surface area (Å²) in [4.78, 5) is 28.0. The fraction of sp³-hybridized carbons (Fsp3) is 0.750. The summed E-state index contributed by atoms with van der Waals surface area (Å²) >= 11 is 0. The highest BCUT2D eigenvalue weighted by Crippen LogP contribution is 2.38. The lowest BCUT2D eigenvalue weighted by Crippen LogP contribution is -2.58. The number of fused-ring (bicyclic) bond motifs is 2. The number of ether oxygens (including phenoxy) is 2. The highest BCUT2D eigenvalue weighted by molar-refractivity contribution is 5.84. The molecule has 6 nitrogen and oxygen atoms in total. The normalized spacial score (nSPS) is 29.4. The van der Waals surface area contributed by atoms with Crippen molar-refractivity contribution in [2.24, 2.45) is 5.92 Å². The first-order valence-electron chi connectivity index (χ1n) is 7.57. The molecule has 2 heterocycles. The van der Waals surface area contributed by atoms with Crippen LogP contribution in [-0.2, 0) is 14.3 Å². The molecule has 0 aromatic rings. The molecule has 6 heteroatoms. The van der Waals surface area contributed by atoms with Gasteiger partial charge in [0.2, 0.25) is 5.91 Å². The topological polar surface area (TPSA) is 59.1 Å². The van der Waals surface area contributed by atoms with E-state index in [-0.39, 0.29) is 17.9 Å². The molecule has 2 atom stereocenters. The second-order valence-corrected chi connectivity index (χ2v) is 7.16. The van der Waals surface area contributed by atoms with Gasteiger partial charge in [0.05, 0.1) is 19.0 Å². The maximum atomic E-state index is 12.4. The first-order chi connectivity index (χ1) is 10.1. The summed E-state index contributed by atoms with van der Waals surface area (Å²) in [7, 11) is 3.36. The van der Waals surface area contributed by atoms with Crippen LogP contribution in [0.25, 0.3) is 0 Å². The molecule has 0 saturated carbocycles. The predicted molar refractivity (Wildman–Crippen MR) is 82.4 cm³/mol. The average molecular weight is 310 g/mol. The first-order valence-corrected chi connectivity index (χ1v) is 7.57. The third kappa shape index (κ3) is 2.97. The van der Waals surface area contributed by atoms with Crippen LogP contribution in [0.2, 0.25) is 0 Å². The molecule has 0 aromatic heterocycles. The number of carbonyl (C=O) groups is 2. The van der Waals surface area contributed by atoms with Crippen LogP contribution in [0.1, 0.15) is 27.2 Å². The Morgan fingerprint density at radius 3 is 2.55 bits per heavy atom. The molecule has 0 spiro atoms. The second-order valence-electron chi connectivity index (χ2n) is 7.16. The van der Waals surface area contributed by atoms with Crippen LogP contribution in [0.15, 0.2) is 12.2 Å². The molecular weight excluding hydrogens is 284 g/mol. The van der Waals surface area contributed by atoms with E-state index in [2.05, 4.69) is 6.58 Å². The van der Waals surface area contributed by atoms with E-state index in [4.69, 9.17) is 9.47 Å². The van der Waals surface area contributed by atoms with Gasteiger partial charge in [0.25, 0.3) is 0 Å². The van der Waals surface area contributed by atoms with Gasteiger partial charge in [-0.05, 0) is 32.8 Å². The molecule has 0 aromatic carbocycles. The van der Waals surface area contributed by atoms with Gasteiger partial charge in [-0.15, -0.1) is 0 Å². The van der Waals surface area contributed by atoms with Crippen molar-refractivity contribution in [2.45, 2.75) is 38.4 Å². The Kier molecular flexibility index (Phi) is 4.26. The largest absolute Gasteiger partial charge is 0.444 e. The SMILES string of the molecule is C=C1[C@@H]2CCN(C(=O)OC(C)(C)C)CC1(OC)CN(C)C2=O. The van der Waals surface area contributed by atoms with Crippen molar-refractivity contribution in [3.8, 4) is 0 Å². The van der Waals surface area contributed by atoms with Crippen LogP contribution in [0, 0.1) is 5.92 Å². The minimum atomic E-state index is -0.721. The maximum Gasteiger partial charge on any atom is 0.410 e. The van der Waals surface area contributed by atoms with Gasteiger partial charge in [0, 0.05) is 20.7 Å². The van der Waals surface area contributed by atoms with Crippen molar-refractivity contribution >= 4 is 12.0 Å². The smallest absolute Gasteiger partial charge is 0.410 e. The van der Waals surface area contributed by atoms with Gasteiger partial charge in [-0.2, -0.15) is 0 Å². The molecule has 2 fully saturated rings. The van der Waals surface area contributed by atoms with Crippen molar-refractivity contribution in [1.29, 1.82) is 0 Å². The van der Waals surface area contributed by atoms with Crippen molar-refractivity contribution in [2.75, 3.05) is 33.8 Å². The molecule has 124 valence electrons. The standard InChI is InChI=1S/C16H26N2O4/c1-11-12-7-8-18(14(20)22-15(2,3)4)10-16(11,21-6)9-17(5)13(12)19/h12H,1,7-10H2,2-6H3/t12-,16?/m0/s1. The Bertz CT molecular complexity index is 497. The average Bonchev–Trinajstić information content (AvgIpc) is 2.50. The molecule has 1 unspecified atom stereocenters. The summed E-state index contributed by atoms with van der Waals surface area (Å²) in [5, 5.41) is 0. The van der Waals surface area contributed by atoms with Crippen LogP contribution in [-0.4, -0.2) is 66.8 Å². The Balaban J connectivity index is 2.28. The summed E-state index contributed by atoms with van der Waals surface area (Å²) < 4.78 is 11.2. The molecule has 0 radical (unpaired) electrons. The number of amides is 2. The van der Waals surface area contributed by atoms with E-state index in [9.17, 15) is 9.59 Å². The summed E-state index contributed by atoms with van der Waals surface area (Å²) in [5.41, 5.74) is -0.507. The van der Waals surface area contributed by atoms with Gasteiger partial charge in [-0.25, -0.2) is 4.79 Å². The fourth-order valence-electron chi connectivity index (χ4n) is 3.16. The van der Waals surface area contributed by atoms with E-state index in [1.807, 2.05) is 20.8 Å². The highest BCUT2D eigenvalue weighted by atomic mass is 16.6. The number of methoxy groups -OCH3 is 1. The number of likely N-dealkylation sites (tertiary alicyclic amines) is 2. The second kappa shape index (κ2) is 5.57. The zero-order valence-corrected chi connectivity index (χ0v) is 14.1. The van der Waals surface area contributed by atoms with Crippen molar-refractivity contribution < 1.29 is 19.1 Å². The summed E-state index contributed by atoms with van der Waals surface area (Å²) in [6.45, 7) is 10.8. The van der Waals surface area contributed by atoms with Crippen LogP contribution < -0.4 is 0 Å². The molecule has 2 saturated heterocycles. The van der Waals surface area contributed by atoms with E-state index in [1.165, 1.54) is 0 Å². The number of carbonyl (C=O) groups excluding carboxylic acids is 2. The Labute approximate surface area is 132 Å². The third-order valence-electron chi connectivity index (χ3n) is 4.35. The van der Waals surface area contributed by atoms with E-state index in [0.717, 1.165) is 5.57 Å². The molecule has 2 aliphatic rings. The number of nitrogens with zero attached hydrogens (tertiary/aromatic N) is 2. The molecule has 2 amide bonds. The fourth-order valence-corrected chi connectivity index (χ4v) is 3.16. The number of hydrogen-bond acceptors (Lipinski definition) is 4. The van der Waals surface area contributed by atoms with E-state index in [0.29, 0.717) is 26.1 Å². The lowest BCUT2D eigenvalue weighted by atomic mass is 9.80. The van der Waals surface area contributed by atoms with Crippen LogP contribution in [0.5, 0.6) is 0 Å². The predicted octanol–water partition coefficient (Wildman–Crippen LogP) is 1.66. The van der Waals surface area contributed by atoms with Gasteiger partial charge >= 0.3 is 6.09 Å². The molecule has 2 rings (SSSR count). The number of hydrogen-bond donors (Lipinski definition) is 0. The Hall–Kier alpha value is -1.56. The van der Waals surface area contributed by atoms with Gasteiger partial charge in [0.1, 0.15) is 11.2 Å². The number of rotatable bonds is 1. The molecule has 2 bridgehead atoms. The van der Waals surface area contributed by atoms with Gasteiger partial charge in [-0.3, -0.25) is 4.79 Å². The molecule has 0 N–H and O–H groups in total. The molecule has 2 aliphatic heterocycles. The lowest BCUT2D eigenvalue weighted by Gasteiger charge is -2.44. The zero-order valence-electron chi connectivity index (χ0n) is 14.1. The lowest BCUT2D eigenvalue weighted by molar-refractivity contribution is -0.142. The zero-order chi connectivity index (χ0) is 16.7.